The van der Waals surface area contributed by atoms with E-state index in [4.69, 9.17) is 9.47 Å². The summed E-state index contributed by atoms with van der Waals surface area (Å²) in [5.41, 5.74) is 2.64. The summed E-state index contributed by atoms with van der Waals surface area (Å²) < 4.78 is 10.8. The predicted octanol–water partition coefficient (Wildman–Crippen LogP) is 2.81. The molecule has 0 spiro atoms. The van der Waals surface area contributed by atoms with E-state index >= 15 is 0 Å². The van der Waals surface area contributed by atoms with Gasteiger partial charge in [-0.1, -0.05) is 24.3 Å². The van der Waals surface area contributed by atoms with E-state index in [9.17, 15) is 9.59 Å². The molecule has 0 aromatic heterocycles. The molecule has 27 heavy (non-hydrogen) atoms. The van der Waals surface area contributed by atoms with Gasteiger partial charge in [0.2, 0.25) is 12.7 Å². The molecule has 0 atom stereocenters. The molecule has 2 aliphatic rings. The van der Waals surface area contributed by atoms with Crippen molar-refractivity contribution >= 4 is 11.8 Å². The Bertz CT molecular complexity index is 894. The number of fused-ring (bicyclic) bond motifs is 2. The number of hydrogen-bond acceptors (Lipinski definition) is 4. The fourth-order valence-electron chi connectivity index (χ4n) is 3.49. The van der Waals surface area contributed by atoms with Gasteiger partial charge in [0.05, 0.1) is 0 Å². The van der Waals surface area contributed by atoms with Gasteiger partial charge in [-0.3, -0.25) is 9.59 Å². The number of nitrogens with zero attached hydrogens (tertiary/aromatic N) is 2. The zero-order valence-corrected chi connectivity index (χ0v) is 15.5. The quantitative estimate of drug-likeness (QED) is 0.816. The van der Waals surface area contributed by atoms with Crippen molar-refractivity contribution in [3.05, 3.63) is 59.2 Å². The van der Waals surface area contributed by atoms with E-state index < -0.39 is 0 Å². The third-order valence-electron chi connectivity index (χ3n) is 4.96. The molecule has 4 rings (SSSR count). The van der Waals surface area contributed by atoms with Gasteiger partial charge in [0.1, 0.15) is 6.54 Å². The summed E-state index contributed by atoms with van der Waals surface area (Å²) in [6.07, 6.45) is 0. The molecule has 0 fully saturated rings. The van der Waals surface area contributed by atoms with Crippen molar-refractivity contribution in [3.63, 3.8) is 0 Å². The third-order valence-corrected chi connectivity index (χ3v) is 4.96. The van der Waals surface area contributed by atoms with E-state index in [1.807, 2.05) is 56.3 Å². The van der Waals surface area contributed by atoms with Gasteiger partial charge < -0.3 is 19.3 Å². The minimum absolute atomic E-state index is 0.0167. The Labute approximate surface area is 158 Å². The Morgan fingerprint density at radius 3 is 2.70 bits per heavy atom. The standard InChI is InChI=1S/C21H22N2O4/c1-14(2)23(10-15-7-8-18-19(9-15)27-13-26-18)20(24)12-22-11-16-5-3-4-6-17(16)21(22)25/h3-9,14H,10-13H2,1-2H3. The molecule has 2 aromatic rings. The number of benzene rings is 2. The lowest BCUT2D eigenvalue weighted by Gasteiger charge is -2.29. The van der Waals surface area contributed by atoms with Crippen LogP contribution in [0.15, 0.2) is 42.5 Å². The molecule has 6 nitrogen and oxygen atoms in total. The fourth-order valence-corrected chi connectivity index (χ4v) is 3.49. The largest absolute Gasteiger partial charge is 0.454 e. The molecule has 0 bridgehead atoms. The maximum atomic E-state index is 13.0. The normalized spacial score (nSPS) is 14.6. The van der Waals surface area contributed by atoms with Gasteiger partial charge in [-0.25, -0.2) is 0 Å². The summed E-state index contributed by atoms with van der Waals surface area (Å²) in [4.78, 5) is 28.9. The number of ether oxygens (including phenoxy) is 2. The van der Waals surface area contributed by atoms with Gasteiger partial charge in [-0.05, 0) is 43.2 Å². The van der Waals surface area contributed by atoms with Crippen LogP contribution >= 0.6 is 0 Å². The van der Waals surface area contributed by atoms with Crippen molar-refractivity contribution in [2.75, 3.05) is 13.3 Å². The highest BCUT2D eigenvalue weighted by molar-refractivity contribution is 6.00. The van der Waals surface area contributed by atoms with Gasteiger partial charge in [0.25, 0.3) is 5.91 Å². The lowest BCUT2D eigenvalue weighted by atomic mass is 10.1. The molecule has 0 aliphatic carbocycles. The van der Waals surface area contributed by atoms with Crippen LogP contribution in [-0.2, 0) is 17.9 Å². The van der Waals surface area contributed by atoms with Crippen molar-refractivity contribution in [2.24, 2.45) is 0 Å². The number of carbonyl (C=O) groups excluding carboxylic acids is 2. The van der Waals surface area contributed by atoms with Crippen LogP contribution in [0, 0.1) is 0 Å². The van der Waals surface area contributed by atoms with Crippen LogP contribution in [0.1, 0.15) is 35.3 Å². The molecule has 6 heteroatoms. The molecule has 2 aromatic carbocycles. The highest BCUT2D eigenvalue weighted by atomic mass is 16.7. The van der Waals surface area contributed by atoms with Crippen LogP contribution in [0.3, 0.4) is 0 Å². The molecule has 0 radical (unpaired) electrons. The minimum Gasteiger partial charge on any atom is -0.454 e. The molecule has 2 heterocycles. The van der Waals surface area contributed by atoms with Gasteiger partial charge in [0.15, 0.2) is 11.5 Å². The summed E-state index contributed by atoms with van der Waals surface area (Å²) in [5, 5.41) is 0. The third kappa shape index (κ3) is 3.35. The molecular formula is C21H22N2O4. The van der Waals surface area contributed by atoms with Crippen LogP contribution in [0.2, 0.25) is 0 Å². The smallest absolute Gasteiger partial charge is 0.254 e. The van der Waals surface area contributed by atoms with Gasteiger partial charge >= 0.3 is 0 Å². The van der Waals surface area contributed by atoms with Crippen molar-refractivity contribution in [2.45, 2.75) is 33.0 Å². The van der Waals surface area contributed by atoms with Gasteiger partial charge in [-0.15, -0.1) is 0 Å². The van der Waals surface area contributed by atoms with Crippen molar-refractivity contribution in [1.82, 2.24) is 9.80 Å². The predicted molar refractivity (Wildman–Crippen MR) is 99.4 cm³/mol. The SMILES string of the molecule is CC(C)N(Cc1ccc2c(c1)OCO2)C(=O)CN1Cc2ccccc2C1=O. The first kappa shape index (κ1) is 17.4. The Balaban J connectivity index is 1.46. The lowest BCUT2D eigenvalue weighted by molar-refractivity contribution is -0.134. The van der Waals surface area contributed by atoms with Crippen LogP contribution in [0.5, 0.6) is 11.5 Å². The van der Waals surface area contributed by atoms with Crippen molar-refractivity contribution in [1.29, 1.82) is 0 Å². The van der Waals surface area contributed by atoms with Crippen LogP contribution < -0.4 is 9.47 Å². The van der Waals surface area contributed by atoms with Crippen LogP contribution in [-0.4, -0.2) is 41.0 Å². The molecule has 0 N–H and O–H groups in total. The molecular weight excluding hydrogens is 344 g/mol. The second kappa shape index (κ2) is 6.95. The maximum absolute atomic E-state index is 13.0. The minimum atomic E-state index is -0.0780. The second-order valence-electron chi connectivity index (χ2n) is 7.12. The zero-order chi connectivity index (χ0) is 19.0. The monoisotopic (exact) mass is 366 g/mol. The molecule has 140 valence electrons. The average Bonchev–Trinajstić information content (AvgIpc) is 3.24. The topological polar surface area (TPSA) is 59.1 Å². The first-order chi connectivity index (χ1) is 13.0. The summed E-state index contributed by atoms with van der Waals surface area (Å²) in [5.74, 6) is 1.28. The van der Waals surface area contributed by atoms with Gasteiger partial charge in [0, 0.05) is 24.7 Å². The van der Waals surface area contributed by atoms with E-state index in [1.165, 1.54) is 0 Å². The van der Waals surface area contributed by atoms with E-state index in [1.54, 1.807) is 9.80 Å². The maximum Gasteiger partial charge on any atom is 0.254 e. The summed E-state index contributed by atoms with van der Waals surface area (Å²) in [7, 11) is 0. The Morgan fingerprint density at radius 2 is 1.93 bits per heavy atom. The highest BCUT2D eigenvalue weighted by Gasteiger charge is 2.30. The first-order valence-corrected chi connectivity index (χ1v) is 9.08. The van der Waals surface area contributed by atoms with E-state index in [0.29, 0.717) is 24.4 Å². The van der Waals surface area contributed by atoms with Crippen molar-refractivity contribution < 1.29 is 19.1 Å². The number of hydrogen-bond donors (Lipinski definition) is 0. The summed E-state index contributed by atoms with van der Waals surface area (Å²) in [6.45, 7) is 5.20. The Kier molecular flexibility index (Phi) is 4.48. The molecule has 2 amide bonds. The summed E-state index contributed by atoms with van der Waals surface area (Å²) >= 11 is 0. The fraction of sp³-hybridized carbons (Fsp3) is 0.333. The van der Waals surface area contributed by atoms with Crippen LogP contribution in [0.25, 0.3) is 0 Å². The van der Waals surface area contributed by atoms with E-state index in [0.717, 1.165) is 16.9 Å². The second-order valence-corrected chi connectivity index (χ2v) is 7.12. The van der Waals surface area contributed by atoms with Crippen LogP contribution in [0.4, 0.5) is 0 Å². The molecule has 0 unspecified atom stereocenters. The molecule has 0 saturated carbocycles. The Morgan fingerprint density at radius 1 is 1.15 bits per heavy atom. The molecule has 2 aliphatic heterocycles. The lowest BCUT2D eigenvalue weighted by Crippen LogP contribution is -2.43. The van der Waals surface area contributed by atoms with Crippen molar-refractivity contribution in [3.8, 4) is 11.5 Å². The number of carbonyl (C=O) groups is 2. The zero-order valence-electron chi connectivity index (χ0n) is 15.5. The van der Waals surface area contributed by atoms with Gasteiger partial charge in [-0.2, -0.15) is 0 Å². The molecule has 0 saturated heterocycles. The summed E-state index contributed by atoms with van der Waals surface area (Å²) in [6, 6.07) is 13.2. The first-order valence-electron chi connectivity index (χ1n) is 9.08. The van der Waals surface area contributed by atoms with E-state index in [2.05, 4.69) is 0 Å². The Hall–Kier alpha value is -3.02. The average molecular weight is 366 g/mol. The van der Waals surface area contributed by atoms with E-state index in [-0.39, 0.29) is 31.2 Å². The number of amides is 2. The number of rotatable bonds is 5. The highest BCUT2D eigenvalue weighted by Crippen LogP contribution is 2.33.